The van der Waals surface area contributed by atoms with Gasteiger partial charge in [-0.2, -0.15) is 0 Å². The van der Waals surface area contributed by atoms with Crippen molar-refractivity contribution in [2.24, 2.45) is 0 Å². The summed E-state index contributed by atoms with van der Waals surface area (Å²) in [5.74, 6) is 1.09. The lowest BCUT2D eigenvalue weighted by atomic mass is 10.1. The maximum absolute atomic E-state index is 12.7. The van der Waals surface area contributed by atoms with E-state index < -0.39 is 5.25 Å². The molecule has 0 spiro atoms. The van der Waals surface area contributed by atoms with E-state index in [4.69, 9.17) is 4.74 Å². The van der Waals surface area contributed by atoms with Crippen LogP contribution in [0.1, 0.15) is 31.1 Å². The molecule has 2 aromatic carbocycles. The molecule has 0 aliphatic carbocycles. The third-order valence-electron chi connectivity index (χ3n) is 4.60. The Balaban J connectivity index is 1.81. The fourth-order valence-corrected chi connectivity index (χ4v) is 3.95. The van der Waals surface area contributed by atoms with Crippen LogP contribution in [0.4, 0.5) is 5.69 Å². The molecular weight excluding hydrogens is 400 g/mol. The maximum Gasteiger partial charge on any atom is 0.237 e. The van der Waals surface area contributed by atoms with Crippen molar-refractivity contribution in [2.45, 2.75) is 37.7 Å². The van der Waals surface area contributed by atoms with Gasteiger partial charge in [-0.25, -0.2) is 0 Å². The Morgan fingerprint density at radius 1 is 1.13 bits per heavy atom. The highest BCUT2D eigenvalue weighted by Crippen LogP contribution is 2.32. The second kappa shape index (κ2) is 9.58. The molecule has 0 radical (unpaired) electrons. The highest BCUT2D eigenvalue weighted by molar-refractivity contribution is 8.00. The third-order valence-corrected chi connectivity index (χ3v) is 5.68. The standard InChI is InChI=1S/C22H24N4O3S/c1-5-26-20(17-11-7-9-13-19(17)29-4)24-25-22(26)30-15(3)21(28)23-18-12-8-6-10-16(18)14(2)27/h6-13,15H,5H2,1-4H3,(H,23,28). The van der Waals surface area contributed by atoms with E-state index in [1.165, 1.54) is 18.7 Å². The maximum atomic E-state index is 12.7. The zero-order chi connectivity index (χ0) is 21.7. The number of nitrogens with zero attached hydrogens (tertiary/aromatic N) is 3. The van der Waals surface area contributed by atoms with Crippen LogP contribution in [0.5, 0.6) is 5.75 Å². The normalized spacial score (nSPS) is 11.7. The number of amides is 1. The first-order valence-electron chi connectivity index (χ1n) is 9.60. The van der Waals surface area contributed by atoms with Crippen LogP contribution in [0.25, 0.3) is 11.4 Å². The lowest BCUT2D eigenvalue weighted by Crippen LogP contribution is -2.24. The molecule has 1 heterocycles. The molecule has 0 bridgehead atoms. The van der Waals surface area contributed by atoms with E-state index >= 15 is 0 Å². The van der Waals surface area contributed by atoms with Gasteiger partial charge in [0.25, 0.3) is 0 Å². The molecule has 1 amide bonds. The topological polar surface area (TPSA) is 86.1 Å². The number of methoxy groups -OCH3 is 1. The summed E-state index contributed by atoms with van der Waals surface area (Å²) < 4.78 is 7.40. The molecule has 156 valence electrons. The molecular formula is C22H24N4O3S. The minimum Gasteiger partial charge on any atom is -0.496 e. The number of carbonyl (C=O) groups is 2. The lowest BCUT2D eigenvalue weighted by Gasteiger charge is -2.14. The van der Waals surface area contributed by atoms with Crippen LogP contribution in [-0.4, -0.2) is 38.8 Å². The zero-order valence-corrected chi connectivity index (χ0v) is 18.2. The summed E-state index contributed by atoms with van der Waals surface area (Å²) in [5.41, 5.74) is 1.83. The van der Waals surface area contributed by atoms with Gasteiger partial charge in [0, 0.05) is 12.1 Å². The number of ether oxygens (including phenoxy) is 1. The first kappa shape index (κ1) is 21.6. The Labute approximate surface area is 179 Å². The van der Waals surface area contributed by atoms with E-state index in [0.29, 0.717) is 34.5 Å². The number of ketones is 1. The minimum absolute atomic E-state index is 0.0987. The second-order valence-corrected chi connectivity index (χ2v) is 7.91. The number of benzene rings is 2. The average Bonchev–Trinajstić information content (AvgIpc) is 3.16. The Bertz CT molecular complexity index is 1060. The number of Topliss-reactive ketones (excluding diaryl/α,β-unsaturated/α-hetero) is 1. The molecule has 0 saturated heterocycles. The molecule has 0 fully saturated rings. The van der Waals surface area contributed by atoms with Gasteiger partial charge >= 0.3 is 0 Å². The molecule has 1 aromatic heterocycles. The number of thioether (sulfide) groups is 1. The van der Waals surface area contributed by atoms with E-state index in [2.05, 4.69) is 15.5 Å². The second-order valence-electron chi connectivity index (χ2n) is 6.60. The molecule has 0 aliphatic rings. The molecule has 3 aromatic rings. The van der Waals surface area contributed by atoms with Gasteiger partial charge in [0.1, 0.15) is 5.75 Å². The van der Waals surface area contributed by atoms with Gasteiger partial charge in [-0.05, 0) is 45.0 Å². The molecule has 8 heteroatoms. The number of para-hydroxylation sites is 2. The average molecular weight is 425 g/mol. The van der Waals surface area contributed by atoms with Crippen LogP contribution in [0.2, 0.25) is 0 Å². The van der Waals surface area contributed by atoms with Gasteiger partial charge in [-0.1, -0.05) is 36.0 Å². The molecule has 7 nitrogen and oxygen atoms in total. The zero-order valence-electron chi connectivity index (χ0n) is 17.4. The first-order chi connectivity index (χ1) is 14.5. The predicted molar refractivity (Wildman–Crippen MR) is 118 cm³/mol. The quantitative estimate of drug-likeness (QED) is 0.429. The molecule has 1 atom stereocenters. The molecule has 0 saturated carbocycles. The molecule has 1 unspecified atom stereocenters. The van der Waals surface area contributed by atoms with Gasteiger partial charge in [0.15, 0.2) is 16.8 Å². The summed E-state index contributed by atoms with van der Waals surface area (Å²) in [7, 11) is 1.62. The van der Waals surface area contributed by atoms with Crippen molar-refractivity contribution in [3.05, 3.63) is 54.1 Å². The molecule has 0 aliphatic heterocycles. The van der Waals surface area contributed by atoms with Crippen molar-refractivity contribution in [3.8, 4) is 17.1 Å². The number of carbonyl (C=O) groups excluding carboxylic acids is 2. The van der Waals surface area contributed by atoms with Gasteiger partial charge in [0.2, 0.25) is 5.91 Å². The summed E-state index contributed by atoms with van der Waals surface area (Å²) in [6.45, 7) is 5.92. The largest absolute Gasteiger partial charge is 0.496 e. The highest BCUT2D eigenvalue weighted by atomic mass is 32.2. The molecule has 30 heavy (non-hydrogen) atoms. The van der Waals surface area contributed by atoms with Crippen LogP contribution in [-0.2, 0) is 11.3 Å². The fraction of sp³-hybridized carbons (Fsp3) is 0.273. The summed E-state index contributed by atoms with van der Waals surface area (Å²) >= 11 is 1.32. The van der Waals surface area contributed by atoms with Gasteiger partial charge in [-0.3, -0.25) is 9.59 Å². The summed E-state index contributed by atoms with van der Waals surface area (Å²) in [6.07, 6.45) is 0. The van der Waals surface area contributed by atoms with Crippen LogP contribution in [0, 0.1) is 0 Å². The summed E-state index contributed by atoms with van der Waals surface area (Å²) in [6, 6.07) is 14.6. The Hall–Kier alpha value is -3.13. The van der Waals surface area contributed by atoms with Gasteiger partial charge in [-0.15, -0.1) is 10.2 Å². The number of anilines is 1. The van der Waals surface area contributed by atoms with Crippen LogP contribution < -0.4 is 10.1 Å². The van der Waals surface area contributed by atoms with Gasteiger partial charge < -0.3 is 14.6 Å². The summed E-state index contributed by atoms with van der Waals surface area (Å²) in [5, 5.41) is 11.7. The van der Waals surface area contributed by atoms with Crippen LogP contribution >= 0.6 is 11.8 Å². The van der Waals surface area contributed by atoms with E-state index in [1.807, 2.05) is 35.8 Å². The number of nitrogens with one attached hydrogen (secondary N) is 1. The lowest BCUT2D eigenvalue weighted by molar-refractivity contribution is -0.115. The molecule has 3 rings (SSSR count). The Kier molecular flexibility index (Phi) is 6.89. The number of rotatable bonds is 8. The smallest absolute Gasteiger partial charge is 0.237 e. The highest BCUT2D eigenvalue weighted by Gasteiger charge is 2.22. The minimum atomic E-state index is -0.440. The fourth-order valence-electron chi connectivity index (χ4n) is 3.03. The number of hydrogen-bond donors (Lipinski definition) is 1. The van der Waals surface area contributed by atoms with Gasteiger partial charge in [0.05, 0.1) is 23.6 Å². The monoisotopic (exact) mass is 424 g/mol. The van der Waals surface area contributed by atoms with E-state index in [-0.39, 0.29) is 11.7 Å². The van der Waals surface area contributed by atoms with Crippen LogP contribution in [0.15, 0.2) is 53.7 Å². The SMILES string of the molecule is CCn1c(SC(C)C(=O)Nc2ccccc2C(C)=O)nnc1-c1ccccc1OC. The molecule has 1 N–H and O–H groups in total. The number of aromatic nitrogens is 3. The number of hydrogen-bond acceptors (Lipinski definition) is 6. The first-order valence-corrected chi connectivity index (χ1v) is 10.5. The van der Waals surface area contributed by atoms with Crippen molar-refractivity contribution in [2.75, 3.05) is 12.4 Å². The predicted octanol–water partition coefficient (Wildman–Crippen LogP) is 4.30. The van der Waals surface area contributed by atoms with Crippen molar-refractivity contribution in [1.82, 2.24) is 14.8 Å². The van der Waals surface area contributed by atoms with E-state index in [9.17, 15) is 9.59 Å². The van der Waals surface area contributed by atoms with Crippen molar-refractivity contribution in [3.63, 3.8) is 0 Å². The van der Waals surface area contributed by atoms with E-state index in [1.54, 1.807) is 38.3 Å². The summed E-state index contributed by atoms with van der Waals surface area (Å²) in [4.78, 5) is 24.5. The van der Waals surface area contributed by atoms with Crippen molar-refractivity contribution < 1.29 is 14.3 Å². The van der Waals surface area contributed by atoms with E-state index in [0.717, 1.165) is 5.56 Å². The van der Waals surface area contributed by atoms with Crippen LogP contribution in [0.3, 0.4) is 0 Å². The van der Waals surface area contributed by atoms with Crippen molar-refractivity contribution in [1.29, 1.82) is 0 Å². The Morgan fingerprint density at radius 3 is 2.53 bits per heavy atom. The Morgan fingerprint density at radius 2 is 1.83 bits per heavy atom. The van der Waals surface area contributed by atoms with Crippen molar-refractivity contribution >= 4 is 29.1 Å². The third kappa shape index (κ3) is 4.54.